The normalized spacial score (nSPS) is 13.1. The maximum absolute atomic E-state index is 13.6. The Morgan fingerprint density at radius 1 is 0.941 bits per heavy atom. The fraction of sp³-hybridized carbons (Fsp3) is 0.417. The van der Waals surface area contributed by atoms with Gasteiger partial charge >= 0.3 is 0 Å². The molecule has 2 atom stereocenters. The molecule has 0 saturated carbocycles. The lowest BCUT2D eigenvalue weighted by atomic mass is 10.1. The highest BCUT2D eigenvalue weighted by Crippen LogP contribution is 2.22. The van der Waals surface area contributed by atoms with Crippen molar-refractivity contribution in [2.75, 3.05) is 17.1 Å². The zero-order valence-corrected chi connectivity index (χ0v) is 22.1. The third kappa shape index (κ3) is 7.89. The summed E-state index contributed by atoms with van der Waals surface area (Å²) in [5.74, 6) is -0.780. The summed E-state index contributed by atoms with van der Waals surface area (Å²) in [5.41, 5.74) is 1.08. The van der Waals surface area contributed by atoms with Crippen LogP contribution in [0.15, 0.2) is 48.5 Å². The van der Waals surface area contributed by atoms with E-state index in [1.165, 1.54) is 17.0 Å². The van der Waals surface area contributed by atoms with E-state index < -0.39 is 28.5 Å². The van der Waals surface area contributed by atoms with E-state index in [9.17, 15) is 18.0 Å². The summed E-state index contributed by atoms with van der Waals surface area (Å²) in [4.78, 5) is 28.0. The van der Waals surface area contributed by atoms with Gasteiger partial charge in [-0.3, -0.25) is 13.9 Å². The first-order valence-corrected chi connectivity index (χ1v) is 13.6. The van der Waals surface area contributed by atoms with Gasteiger partial charge in [0.2, 0.25) is 21.8 Å². The van der Waals surface area contributed by atoms with Crippen molar-refractivity contribution < 1.29 is 18.0 Å². The largest absolute Gasteiger partial charge is 0.352 e. The average Bonchev–Trinajstić information content (AvgIpc) is 2.78. The number of benzene rings is 2. The second kappa shape index (κ2) is 12.4. The molecule has 34 heavy (non-hydrogen) atoms. The van der Waals surface area contributed by atoms with Crippen LogP contribution in [0.25, 0.3) is 0 Å². The number of hydrogen-bond donors (Lipinski definition) is 1. The molecule has 0 aliphatic rings. The average molecular weight is 529 g/mol. The molecule has 0 aromatic heterocycles. The first kappa shape index (κ1) is 28.0. The van der Waals surface area contributed by atoms with Crippen LogP contribution in [0, 0.1) is 0 Å². The van der Waals surface area contributed by atoms with Crippen LogP contribution in [0.5, 0.6) is 0 Å². The van der Waals surface area contributed by atoms with Crippen molar-refractivity contribution >= 4 is 50.7 Å². The van der Waals surface area contributed by atoms with E-state index in [2.05, 4.69) is 5.32 Å². The van der Waals surface area contributed by atoms with Gasteiger partial charge in [0.05, 0.1) is 11.9 Å². The molecule has 2 amide bonds. The molecule has 2 aromatic rings. The Balaban J connectivity index is 2.41. The third-order valence-corrected chi connectivity index (χ3v) is 7.09. The summed E-state index contributed by atoms with van der Waals surface area (Å²) in [6.45, 7) is 5.33. The molecular formula is C24H31Cl2N3O4S. The number of sulfonamides is 1. The molecule has 0 radical (unpaired) electrons. The highest BCUT2D eigenvalue weighted by Gasteiger charge is 2.32. The van der Waals surface area contributed by atoms with E-state index in [0.29, 0.717) is 22.2 Å². The Hall–Kier alpha value is -2.29. The Kier molecular flexibility index (Phi) is 10.2. The summed E-state index contributed by atoms with van der Waals surface area (Å²) in [5, 5.41) is 3.93. The van der Waals surface area contributed by atoms with Crippen LogP contribution in [0.2, 0.25) is 10.0 Å². The molecule has 0 aliphatic heterocycles. The van der Waals surface area contributed by atoms with Crippen molar-refractivity contribution in [3.05, 3.63) is 64.1 Å². The van der Waals surface area contributed by atoms with E-state index in [0.717, 1.165) is 22.5 Å². The quantitative estimate of drug-likeness (QED) is 0.466. The summed E-state index contributed by atoms with van der Waals surface area (Å²) in [6, 6.07) is 12.3. The van der Waals surface area contributed by atoms with E-state index in [1.807, 2.05) is 20.8 Å². The lowest BCUT2D eigenvalue weighted by Crippen LogP contribution is -2.53. The predicted molar refractivity (Wildman–Crippen MR) is 138 cm³/mol. The van der Waals surface area contributed by atoms with Crippen LogP contribution in [-0.4, -0.2) is 50.0 Å². The highest BCUT2D eigenvalue weighted by atomic mass is 35.5. The number of amides is 2. The van der Waals surface area contributed by atoms with Gasteiger partial charge < -0.3 is 10.2 Å². The molecule has 2 aromatic carbocycles. The van der Waals surface area contributed by atoms with Crippen molar-refractivity contribution in [2.45, 2.75) is 52.2 Å². The highest BCUT2D eigenvalue weighted by molar-refractivity contribution is 7.92. The van der Waals surface area contributed by atoms with Gasteiger partial charge in [-0.05, 0) is 61.7 Å². The molecule has 1 N–H and O–H groups in total. The van der Waals surface area contributed by atoms with E-state index in [4.69, 9.17) is 23.2 Å². The fourth-order valence-corrected chi connectivity index (χ4v) is 4.47. The minimum atomic E-state index is -3.79. The molecule has 0 fully saturated rings. The molecule has 0 aliphatic carbocycles. The van der Waals surface area contributed by atoms with E-state index >= 15 is 0 Å². The molecule has 0 saturated heterocycles. The van der Waals surface area contributed by atoms with Crippen molar-refractivity contribution in [1.82, 2.24) is 10.2 Å². The summed E-state index contributed by atoms with van der Waals surface area (Å²) >= 11 is 11.9. The Morgan fingerprint density at radius 2 is 1.47 bits per heavy atom. The molecule has 0 spiro atoms. The summed E-state index contributed by atoms with van der Waals surface area (Å²) < 4.78 is 26.1. The Morgan fingerprint density at radius 3 is 1.94 bits per heavy atom. The van der Waals surface area contributed by atoms with Gasteiger partial charge in [-0.25, -0.2) is 8.42 Å². The number of hydrogen-bond acceptors (Lipinski definition) is 4. The van der Waals surface area contributed by atoms with E-state index in [-0.39, 0.29) is 18.5 Å². The number of rotatable bonds is 11. The molecule has 0 heterocycles. The predicted octanol–water partition coefficient (Wildman–Crippen LogP) is 4.48. The lowest BCUT2D eigenvalue weighted by Gasteiger charge is -2.33. The van der Waals surface area contributed by atoms with Gasteiger partial charge in [0.15, 0.2) is 0 Å². The molecule has 2 unspecified atom stereocenters. The Labute approximate surface area is 212 Å². The second-order valence-corrected chi connectivity index (χ2v) is 10.9. The van der Waals surface area contributed by atoms with Crippen LogP contribution in [0.3, 0.4) is 0 Å². The number of carbonyl (C=O) groups excluding carboxylic acids is 2. The number of nitrogens with one attached hydrogen (secondary N) is 1. The first-order chi connectivity index (χ1) is 16.0. The minimum absolute atomic E-state index is 0.0596. The standard InChI is InChI=1S/C24H31Cl2N3O4S/c1-5-17(3)27-24(31)22(6-2)28(15-18-7-9-19(25)10-8-18)23(30)16-29(34(4,32)33)21-13-11-20(26)12-14-21/h7-14,17,22H,5-6,15-16H2,1-4H3,(H,27,31). The maximum Gasteiger partial charge on any atom is 0.244 e. The summed E-state index contributed by atoms with van der Waals surface area (Å²) in [7, 11) is -3.79. The smallest absolute Gasteiger partial charge is 0.244 e. The number of anilines is 1. The van der Waals surface area contributed by atoms with E-state index in [1.54, 1.807) is 36.4 Å². The van der Waals surface area contributed by atoms with Gasteiger partial charge in [-0.1, -0.05) is 49.2 Å². The van der Waals surface area contributed by atoms with Crippen LogP contribution in [-0.2, 0) is 26.2 Å². The number of carbonyl (C=O) groups is 2. The van der Waals surface area contributed by atoms with Gasteiger partial charge in [0.1, 0.15) is 12.6 Å². The van der Waals surface area contributed by atoms with Crippen LogP contribution >= 0.6 is 23.2 Å². The SMILES string of the molecule is CCC(C)NC(=O)C(CC)N(Cc1ccc(Cl)cc1)C(=O)CN(c1ccc(Cl)cc1)S(C)(=O)=O. The van der Waals surface area contributed by atoms with Crippen LogP contribution < -0.4 is 9.62 Å². The maximum atomic E-state index is 13.6. The van der Waals surface area contributed by atoms with Crippen molar-refractivity contribution in [1.29, 1.82) is 0 Å². The molecule has 7 nitrogen and oxygen atoms in total. The topological polar surface area (TPSA) is 86.8 Å². The minimum Gasteiger partial charge on any atom is -0.352 e. The van der Waals surface area contributed by atoms with Gasteiger partial charge in [0, 0.05) is 22.6 Å². The third-order valence-electron chi connectivity index (χ3n) is 5.45. The van der Waals surface area contributed by atoms with Gasteiger partial charge in [-0.15, -0.1) is 0 Å². The van der Waals surface area contributed by atoms with Gasteiger partial charge in [-0.2, -0.15) is 0 Å². The summed E-state index contributed by atoms with van der Waals surface area (Å²) in [6.07, 6.45) is 2.14. The fourth-order valence-electron chi connectivity index (χ4n) is 3.37. The van der Waals surface area contributed by atoms with Crippen molar-refractivity contribution in [3.63, 3.8) is 0 Å². The van der Waals surface area contributed by atoms with Gasteiger partial charge in [0.25, 0.3) is 0 Å². The molecule has 0 bridgehead atoms. The Bertz CT molecular complexity index is 1080. The van der Waals surface area contributed by atoms with Crippen molar-refractivity contribution in [3.8, 4) is 0 Å². The molecular weight excluding hydrogens is 497 g/mol. The van der Waals surface area contributed by atoms with Crippen LogP contribution in [0.1, 0.15) is 39.2 Å². The zero-order chi connectivity index (χ0) is 25.5. The molecule has 10 heteroatoms. The zero-order valence-electron chi connectivity index (χ0n) is 19.8. The van der Waals surface area contributed by atoms with Crippen molar-refractivity contribution in [2.24, 2.45) is 0 Å². The lowest BCUT2D eigenvalue weighted by molar-refractivity contribution is -0.140. The molecule has 186 valence electrons. The molecule has 2 rings (SSSR count). The monoisotopic (exact) mass is 527 g/mol. The second-order valence-electron chi connectivity index (χ2n) is 8.14. The number of halogens is 2. The first-order valence-electron chi connectivity index (χ1n) is 11.0. The number of nitrogens with zero attached hydrogens (tertiary/aromatic N) is 2. The van der Waals surface area contributed by atoms with Crippen LogP contribution in [0.4, 0.5) is 5.69 Å².